The summed E-state index contributed by atoms with van der Waals surface area (Å²) in [6.45, 7) is 0.857. The van der Waals surface area contributed by atoms with Crippen molar-refractivity contribution in [3.8, 4) is 5.75 Å². The fraction of sp³-hybridized carbons (Fsp3) is 0.333. The van der Waals surface area contributed by atoms with Crippen LogP contribution in [-0.2, 0) is 19.4 Å². The molecule has 23 heavy (non-hydrogen) atoms. The Hall–Kier alpha value is -2.32. The standard InChI is InChI=1S/C15H18BN3O4/c17-6-4-10-7-18-19(8-10)9-12-2-1-11-3-5-16(22)23-14(11)13(12)15(20)21/h1-2,7-8,22H,3-6,9,17H2,(H,20,21). The number of aromatic nitrogens is 2. The van der Waals surface area contributed by atoms with Gasteiger partial charge in [-0.05, 0) is 42.4 Å². The molecular weight excluding hydrogens is 297 g/mol. The molecule has 2 heterocycles. The van der Waals surface area contributed by atoms with Crippen LogP contribution in [0.25, 0.3) is 0 Å². The molecule has 120 valence electrons. The first kappa shape index (κ1) is 15.6. The highest BCUT2D eigenvalue weighted by Gasteiger charge is 2.29. The van der Waals surface area contributed by atoms with Crippen molar-refractivity contribution in [1.82, 2.24) is 9.78 Å². The number of nitrogens with two attached hydrogens (primary N) is 1. The fourth-order valence-corrected chi connectivity index (χ4v) is 2.80. The third-order valence-electron chi connectivity index (χ3n) is 3.91. The van der Waals surface area contributed by atoms with E-state index in [4.69, 9.17) is 10.4 Å². The molecule has 7 nitrogen and oxygen atoms in total. The van der Waals surface area contributed by atoms with Crippen molar-refractivity contribution in [3.05, 3.63) is 46.8 Å². The van der Waals surface area contributed by atoms with Gasteiger partial charge in [0.1, 0.15) is 11.3 Å². The minimum Gasteiger partial charge on any atom is -0.535 e. The molecule has 0 unspecified atom stereocenters. The summed E-state index contributed by atoms with van der Waals surface area (Å²) >= 11 is 0. The molecule has 1 aliphatic rings. The summed E-state index contributed by atoms with van der Waals surface area (Å²) in [5.41, 5.74) is 8.02. The molecule has 2 aromatic rings. The topological polar surface area (TPSA) is 111 Å². The maximum absolute atomic E-state index is 11.7. The van der Waals surface area contributed by atoms with Gasteiger partial charge in [-0.3, -0.25) is 4.68 Å². The summed E-state index contributed by atoms with van der Waals surface area (Å²) in [5, 5.41) is 23.5. The van der Waals surface area contributed by atoms with Gasteiger partial charge in [0.15, 0.2) is 0 Å². The van der Waals surface area contributed by atoms with Crippen LogP contribution >= 0.6 is 0 Å². The number of carboxylic acid groups (broad SMARTS) is 1. The quantitative estimate of drug-likeness (QED) is 0.695. The number of aromatic carboxylic acids is 1. The first-order chi connectivity index (χ1) is 11.1. The Morgan fingerprint density at radius 1 is 1.48 bits per heavy atom. The number of nitrogens with zero attached hydrogens (tertiary/aromatic N) is 2. The number of carbonyl (C=O) groups is 1. The Balaban J connectivity index is 1.95. The number of aryl methyl sites for hydroxylation is 1. The summed E-state index contributed by atoms with van der Waals surface area (Å²) in [6.07, 6.45) is 5.37. The molecule has 1 aromatic carbocycles. The lowest BCUT2D eigenvalue weighted by atomic mass is 9.78. The SMILES string of the molecule is NCCc1cnn(Cc2ccc3c(c2C(=O)O)OB(O)CC3)c1. The summed E-state index contributed by atoms with van der Waals surface area (Å²) in [5.74, 6) is -0.802. The molecule has 0 amide bonds. The monoisotopic (exact) mass is 315 g/mol. The highest BCUT2D eigenvalue weighted by Crippen LogP contribution is 2.33. The second-order valence-electron chi connectivity index (χ2n) is 5.59. The zero-order valence-corrected chi connectivity index (χ0v) is 12.6. The first-order valence-electron chi connectivity index (χ1n) is 7.52. The maximum atomic E-state index is 11.7. The molecule has 0 atom stereocenters. The first-order valence-corrected chi connectivity index (χ1v) is 7.52. The van der Waals surface area contributed by atoms with Gasteiger partial charge >= 0.3 is 13.1 Å². The molecule has 8 heteroatoms. The van der Waals surface area contributed by atoms with Crippen molar-refractivity contribution in [2.75, 3.05) is 6.54 Å². The van der Waals surface area contributed by atoms with Crippen LogP contribution in [0.15, 0.2) is 24.5 Å². The smallest absolute Gasteiger partial charge is 0.522 e. The molecule has 4 N–H and O–H groups in total. The highest BCUT2D eigenvalue weighted by molar-refractivity contribution is 6.44. The second-order valence-corrected chi connectivity index (χ2v) is 5.59. The highest BCUT2D eigenvalue weighted by atomic mass is 16.5. The second kappa shape index (κ2) is 6.43. The van der Waals surface area contributed by atoms with E-state index in [-0.39, 0.29) is 11.3 Å². The van der Waals surface area contributed by atoms with Gasteiger partial charge < -0.3 is 20.5 Å². The minimum atomic E-state index is -1.07. The average Bonchev–Trinajstić information content (AvgIpc) is 2.94. The van der Waals surface area contributed by atoms with Crippen LogP contribution in [0, 0.1) is 0 Å². The molecule has 0 saturated heterocycles. The summed E-state index contributed by atoms with van der Waals surface area (Å²) < 4.78 is 7.05. The van der Waals surface area contributed by atoms with Crippen molar-refractivity contribution in [1.29, 1.82) is 0 Å². The van der Waals surface area contributed by atoms with Crippen molar-refractivity contribution < 1.29 is 19.6 Å². The van der Waals surface area contributed by atoms with Gasteiger partial charge in [-0.2, -0.15) is 5.10 Å². The van der Waals surface area contributed by atoms with Crippen LogP contribution < -0.4 is 10.4 Å². The zero-order chi connectivity index (χ0) is 16.4. The lowest BCUT2D eigenvalue weighted by molar-refractivity contribution is 0.0693. The van der Waals surface area contributed by atoms with Crippen molar-refractivity contribution in [2.24, 2.45) is 5.73 Å². The number of benzene rings is 1. The largest absolute Gasteiger partial charge is 0.535 e. The van der Waals surface area contributed by atoms with Gasteiger partial charge in [0, 0.05) is 6.20 Å². The van der Waals surface area contributed by atoms with Crippen LogP contribution in [0.3, 0.4) is 0 Å². The van der Waals surface area contributed by atoms with E-state index >= 15 is 0 Å². The molecule has 0 spiro atoms. The van der Waals surface area contributed by atoms with E-state index in [0.29, 0.717) is 31.4 Å². The summed E-state index contributed by atoms with van der Waals surface area (Å²) in [7, 11) is -0.961. The van der Waals surface area contributed by atoms with Gasteiger partial charge in [-0.15, -0.1) is 0 Å². The molecule has 0 saturated carbocycles. The van der Waals surface area contributed by atoms with E-state index in [0.717, 1.165) is 17.5 Å². The van der Waals surface area contributed by atoms with Crippen LogP contribution in [0.1, 0.15) is 27.0 Å². The number of hydrogen-bond acceptors (Lipinski definition) is 5. The van der Waals surface area contributed by atoms with Crippen LogP contribution in [-0.4, -0.2) is 39.5 Å². The van der Waals surface area contributed by atoms with Gasteiger partial charge in [0.25, 0.3) is 0 Å². The molecule has 0 fully saturated rings. The maximum Gasteiger partial charge on any atom is 0.522 e. The summed E-state index contributed by atoms with van der Waals surface area (Å²) in [4.78, 5) is 11.7. The van der Waals surface area contributed by atoms with E-state index in [1.165, 1.54) is 0 Å². The molecule has 0 aliphatic carbocycles. The Bertz CT molecular complexity index is 732. The number of hydrogen-bond donors (Lipinski definition) is 3. The van der Waals surface area contributed by atoms with Crippen molar-refractivity contribution >= 4 is 13.1 Å². The Labute approximate surface area is 133 Å². The van der Waals surface area contributed by atoms with E-state index in [1.807, 2.05) is 12.3 Å². The lowest BCUT2D eigenvalue weighted by Gasteiger charge is -2.23. The van der Waals surface area contributed by atoms with E-state index in [9.17, 15) is 14.9 Å². The van der Waals surface area contributed by atoms with Gasteiger partial charge in [-0.1, -0.05) is 12.1 Å². The number of carboxylic acids is 1. The van der Waals surface area contributed by atoms with Crippen LogP contribution in [0.2, 0.25) is 6.32 Å². The molecule has 0 radical (unpaired) electrons. The Morgan fingerprint density at radius 2 is 2.30 bits per heavy atom. The van der Waals surface area contributed by atoms with E-state index in [1.54, 1.807) is 16.9 Å². The van der Waals surface area contributed by atoms with E-state index in [2.05, 4.69) is 5.10 Å². The van der Waals surface area contributed by atoms with E-state index < -0.39 is 13.1 Å². The molecule has 1 aromatic heterocycles. The molecular formula is C15H18BN3O4. The van der Waals surface area contributed by atoms with Gasteiger partial charge in [0.2, 0.25) is 0 Å². The zero-order valence-electron chi connectivity index (χ0n) is 12.6. The Kier molecular flexibility index (Phi) is 4.36. The van der Waals surface area contributed by atoms with Gasteiger partial charge in [0.05, 0.1) is 12.7 Å². The van der Waals surface area contributed by atoms with Crippen molar-refractivity contribution in [2.45, 2.75) is 25.7 Å². The fourth-order valence-electron chi connectivity index (χ4n) is 2.80. The lowest BCUT2D eigenvalue weighted by Crippen LogP contribution is -2.28. The molecule has 0 bridgehead atoms. The molecule has 3 rings (SSSR count). The number of fused-ring (bicyclic) bond motifs is 1. The van der Waals surface area contributed by atoms with Crippen LogP contribution in [0.5, 0.6) is 5.75 Å². The predicted molar refractivity (Wildman–Crippen MR) is 84.6 cm³/mol. The minimum absolute atomic E-state index is 0.0946. The predicted octanol–water partition coefficient (Wildman–Crippen LogP) is 0.546. The summed E-state index contributed by atoms with van der Waals surface area (Å²) in [6, 6.07) is 3.64. The normalized spacial score (nSPS) is 13.6. The van der Waals surface area contributed by atoms with Crippen LogP contribution in [0.4, 0.5) is 0 Å². The Morgan fingerprint density at radius 3 is 3.04 bits per heavy atom. The van der Waals surface area contributed by atoms with Crippen molar-refractivity contribution in [3.63, 3.8) is 0 Å². The third kappa shape index (κ3) is 3.23. The number of rotatable bonds is 5. The third-order valence-corrected chi connectivity index (χ3v) is 3.91. The van der Waals surface area contributed by atoms with Gasteiger partial charge in [-0.25, -0.2) is 4.79 Å². The average molecular weight is 315 g/mol. The molecule has 1 aliphatic heterocycles.